The molecular weight excluding hydrogens is 335 g/mol. The first-order chi connectivity index (χ1) is 11.3. The number of hydrogen-bond donors (Lipinski definition) is 2. The smallest absolute Gasteiger partial charge is 0.406 e. The number of ether oxygens (including phenoxy) is 3. The van der Waals surface area contributed by atoms with Crippen LogP contribution in [-0.2, 0) is 9.47 Å². The second kappa shape index (κ2) is 9.90. The highest BCUT2D eigenvalue weighted by Crippen LogP contribution is 2.31. The molecule has 136 valence electrons. The van der Waals surface area contributed by atoms with E-state index in [4.69, 9.17) is 15.2 Å². The van der Waals surface area contributed by atoms with E-state index in [1.54, 1.807) is 0 Å². The van der Waals surface area contributed by atoms with Crippen molar-refractivity contribution in [2.24, 2.45) is 5.73 Å². The zero-order chi connectivity index (χ0) is 18.0. The van der Waals surface area contributed by atoms with Crippen LogP contribution in [0.15, 0.2) is 18.2 Å². The van der Waals surface area contributed by atoms with Crippen molar-refractivity contribution < 1.29 is 32.3 Å². The molecule has 3 N–H and O–H groups in total. The lowest BCUT2D eigenvalue weighted by atomic mass is 10.2. The number of nitrogens with two attached hydrogens (primary N) is 1. The standard InChI is InChI=1S/C13H18F3N3O5/c14-13(15,16)24-10-1-2-11(12(9-10)19(20)21)18-4-6-23-8-7-22-5-3-17/h1-2,9,18H,3-8,17H2. The van der Waals surface area contributed by atoms with E-state index in [1.807, 2.05) is 0 Å². The monoisotopic (exact) mass is 353 g/mol. The molecule has 0 fully saturated rings. The number of nitro groups is 1. The van der Waals surface area contributed by atoms with Crippen molar-refractivity contribution >= 4 is 11.4 Å². The second-order valence-corrected chi connectivity index (χ2v) is 4.42. The number of hydrogen-bond acceptors (Lipinski definition) is 7. The normalized spacial score (nSPS) is 11.3. The molecule has 1 aromatic carbocycles. The fraction of sp³-hybridized carbons (Fsp3) is 0.538. The Morgan fingerprint density at radius 3 is 2.42 bits per heavy atom. The Balaban J connectivity index is 2.48. The van der Waals surface area contributed by atoms with Gasteiger partial charge in [-0.15, -0.1) is 13.2 Å². The first-order valence-electron chi connectivity index (χ1n) is 6.97. The van der Waals surface area contributed by atoms with Crippen LogP contribution in [0, 0.1) is 10.1 Å². The highest BCUT2D eigenvalue weighted by Gasteiger charge is 2.32. The van der Waals surface area contributed by atoms with Crippen molar-refractivity contribution in [3.8, 4) is 5.75 Å². The molecule has 0 bridgehead atoms. The molecule has 0 spiro atoms. The van der Waals surface area contributed by atoms with Gasteiger partial charge in [0.25, 0.3) is 5.69 Å². The van der Waals surface area contributed by atoms with Crippen LogP contribution < -0.4 is 15.8 Å². The van der Waals surface area contributed by atoms with Gasteiger partial charge in [-0.05, 0) is 12.1 Å². The molecule has 0 aliphatic rings. The van der Waals surface area contributed by atoms with Crippen molar-refractivity contribution in [3.63, 3.8) is 0 Å². The molecule has 0 heterocycles. The van der Waals surface area contributed by atoms with Crippen LogP contribution in [0.4, 0.5) is 24.5 Å². The largest absolute Gasteiger partial charge is 0.573 e. The Hall–Kier alpha value is -2.11. The molecule has 24 heavy (non-hydrogen) atoms. The second-order valence-electron chi connectivity index (χ2n) is 4.42. The van der Waals surface area contributed by atoms with Gasteiger partial charge in [-0.3, -0.25) is 10.1 Å². The predicted octanol–water partition coefficient (Wildman–Crippen LogP) is 1.90. The molecule has 0 aliphatic carbocycles. The number of benzene rings is 1. The number of alkyl halides is 3. The van der Waals surface area contributed by atoms with E-state index in [0.717, 1.165) is 12.1 Å². The molecule has 1 rings (SSSR count). The lowest BCUT2D eigenvalue weighted by molar-refractivity contribution is -0.384. The minimum absolute atomic E-state index is 0.0671. The van der Waals surface area contributed by atoms with Crippen molar-refractivity contribution in [2.45, 2.75) is 6.36 Å². The molecule has 0 aromatic heterocycles. The quantitative estimate of drug-likeness (QED) is 0.355. The van der Waals surface area contributed by atoms with Crippen molar-refractivity contribution in [3.05, 3.63) is 28.3 Å². The lowest BCUT2D eigenvalue weighted by Crippen LogP contribution is -2.17. The maximum Gasteiger partial charge on any atom is 0.573 e. The number of nitrogens with zero attached hydrogens (tertiary/aromatic N) is 1. The summed E-state index contributed by atoms with van der Waals surface area (Å²) in [5.41, 5.74) is 4.78. The van der Waals surface area contributed by atoms with Crippen molar-refractivity contribution in [2.75, 3.05) is 44.8 Å². The van der Waals surface area contributed by atoms with E-state index >= 15 is 0 Å². The van der Waals surface area contributed by atoms with Crippen LogP contribution in [-0.4, -0.2) is 50.8 Å². The molecule has 0 amide bonds. The van der Waals surface area contributed by atoms with E-state index in [0.29, 0.717) is 32.4 Å². The SMILES string of the molecule is NCCOCCOCCNc1ccc(OC(F)(F)F)cc1[N+](=O)[O-]. The van der Waals surface area contributed by atoms with Gasteiger partial charge in [0.15, 0.2) is 0 Å². The molecule has 0 unspecified atom stereocenters. The first-order valence-corrected chi connectivity index (χ1v) is 6.97. The summed E-state index contributed by atoms with van der Waals surface area (Å²) in [6.07, 6.45) is -4.91. The summed E-state index contributed by atoms with van der Waals surface area (Å²) in [6, 6.07) is 2.84. The Bertz CT molecular complexity index is 528. The van der Waals surface area contributed by atoms with Gasteiger partial charge in [-0.2, -0.15) is 0 Å². The molecule has 0 radical (unpaired) electrons. The molecule has 8 nitrogen and oxygen atoms in total. The van der Waals surface area contributed by atoms with Gasteiger partial charge in [0.05, 0.1) is 37.4 Å². The third kappa shape index (κ3) is 7.94. The number of rotatable bonds is 11. The average molecular weight is 353 g/mol. The molecule has 0 saturated carbocycles. The van der Waals surface area contributed by atoms with Crippen molar-refractivity contribution in [1.82, 2.24) is 0 Å². The Morgan fingerprint density at radius 1 is 1.17 bits per heavy atom. The minimum Gasteiger partial charge on any atom is -0.406 e. The van der Waals surface area contributed by atoms with Crippen LogP contribution in [0.2, 0.25) is 0 Å². The van der Waals surface area contributed by atoms with E-state index in [2.05, 4.69) is 10.1 Å². The van der Waals surface area contributed by atoms with Crippen LogP contribution in [0.25, 0.3) is 0 Å². The third-order valence-corrected chi connectivity index (χ3v) is 2.60. The van der Waals surface area contributed by atoms with Crippen LogP contribution in [0.3, 0.4) is 0 Å². The summed E-state index contributed by atoms with van der Waals surface area (Å²) in [7, 11) is 0. The highest BCUT2D eigenvalue weighted by atomic mass is 19.4. The Labute approximate surface area is 135 Å². The topological polar surface area (TPSA) is 109 Å². The number of nitro benzene ring substituents is 1. The summed E-state index contributed by atoms with van der Waals surface area (Å²) in [6.45, 7) is 2.03. The molecule has 0 saturated heterocycles. The van der Waals surface area contributed by atoms with Gasteiger partial charge in [0, 0.05) is 13.1 Å². The van der Waals surface area contributed by atoms with Crippen molar-refractivity contribution in [1.29, 1.82) is 0 Å². The molecule has 1 aromatic rings. The highest BCUT2D eigenvalue weighted by molar-refractivity contribution is 5.63. The fourth-order valence-corrected chi connectivity index (χ4v) is 1.67. The summed E-state index contributed by atoms with van der Waals surface area (Å²) in [4.78, 5) is 10.1. The summed E-state index contributed by atoms with van der Waals surface area (Å²) in [5, 5.41) is 13.7. The number of halogens is 3. The summed E-state index contributed by atoms with van der Waals surface area (Å²) >= 11 is 0. The minimum atomic E-state index is -4.91. The van der Waals surface area contributed by atoms with Crippen LogP contribution in [0.1, 0.15) is 0 Å². The predicted molar refractivity (Wildman–Crippen MR) is 79.0 cm³/mol. The Morgan fingerprint density at radius 2 is 1.83 bits per heavy atom. The van der Waals surface area contributed by atoms with E-state index < -0.39 is 22.7 Å². The van der Waals surface area contributed by atoms with Crippen LogP contribution in [0.5, 0.6) is 5.75 Å². The zero-order valence-corrected chi connectivity index (χ0v) is 12.7. The number of nitrogens with one attached hydrogen (secondary N) is 1. The van der Waals surface area contributed by atoms with Gasteiger partial charge in [0.1, 0.15) is 11.4 Å². The molecular formula is C13H18F3N3O5. The maximum atomic E-state index is 12.1. The van der Waals surface area contributed by atoms with Gasteiger partial charge in [-0.25, -0.2) is 0 Å². The van der Waals surface area contributed by atoms with E-state index in [-0.39, 0.29) is 18.8 Å². The van der Waals surface area contributed by atoms with E-state index in [1.165, 1.54) is 0 Å². The molecule has 11 heteroatoms. The number of anilines is 1. The Kier molecular flexibility index (Phi) is 8.22. The third-order valence-electron chi connectivity index (χ3n) is 2.60. The maximum absolute atomic E-state index is 12.1. The first kappa shape index (κ1) is 19.9. The lowest BCUT2D eigenvalue weighted by Gasteiger charge is -2.11. The summed E-state index contributed by atoms with van der Waals surface area (Å²) < 4.78 is 50.4. The van der Waals surface area contributed by atoms with E-state index in [9.17, 15) is 23.3 Å². The zero-order valence-electron chi connectivity index (χ0n) is 12.7. The average Bonchev–Trinajstić information content (AvgIpc) is 2.49. The van der Waals surface area contributed by atoms with Gasteiger partial charge >= 0.3 is 6.36 Å². The van der Waals surface area contributed by atoms with Gasteiger partial charge in [-0.1, -0.05) is 0 Å². The molecule has 0 aliphatic heterocycles. The summed E-state index contributed by atoms with van der Waals surface area (Å²) in [5.74, 6) is -0.659. The molecule has 0 atom stereocenters. The van der Waals surface area contributed by atoms with Crippen LogP contribution >= 0.6 is 0 Å². The fourth-order valence-electron chi connectivity index (χ4n) is 1.67. The van der Waals surface area contributed by atoms with Gasteiger partial charge < -0.3 is 25.3 Å². The van der Waals surface area contributed by atoms with Gasteiger partial charge in [0.2, 0.25) is 0 Å².